The molecule has 1 aliphatic carbocycles. The normalized spacial score (nSPS) is 19.9. The summed E-state index contributed by atoms with van der Waals surface area (Å²) in [6.45, 7) is 6.17. The lowest BCUT2D eigenvalue weighted by Gasteiger charge is -2.25. The monoisotopic (exact) mass is 421 g/mol. The molecule has 1 unspecified atom stereocenters. The molecular weight excluding hydrogens is 393 g/mol. The lowest BCUT2D eigenvalue weighted by Crippen LogP contribution is -2.31. The smallest absolute Gasteiger partial charge is 0.201 e. The number of hydrogen-bond acceptors (Lipinski definition) is 4. The summed E-state index contributed by atoms with van der Waals surface area (Å²) >= 11 is 0. The average Bonchev–Trinajstić information content (AvgIpc) is 3.00. The number of carbonyl (C=O) groups excluding carboxylic acids is 1. The molecule has 31 heavy (non-hydrogen) atoms. The molecule has 0 radical (unpaired) electrons. The maximum Gasteiger partial charge on any atom is 0.201 e. The van der Waals surface area contributed by atoms with E-state index in [4.69, 9.17) is 9.47 Å². The highest BCUT2D eigenvalue weighted by molar-refractivity contribution is 6.07. The van der Waals surface area contributed by atoms with E-state index in [2.05, 4.69) is 17.0 Å². The SMILES string of the molecule is CCOc1cc2c(cc1OCC)C(=O)C(F)(CC1=CCN(Cc3ccccc3)C=C1)C2. The van der Waals surface area contributed by atoms with Crippen LogP contribution in [0.5, 0.6) is 11.5 Å². The van der Waals surface area contributed by atoms with Crippen molar-refractivity contribution in [2.45, 2.75) is 38.9 Å². The summed E-state index contributed by atoms with van der Waals surface area (Å²) in [7, 11) is 0. The lowest BCUT2D eigenvalue weighted by atomic mass is 9.91. The topological polar surface area (TPSA) is 38.8 Å². The van der Waals surface area contributed by atoms with Gasteiger partial charge in [-0.05, 0) is 55.0 Å². The Labute approximate surface area is 183 Å². The number of allylic oxidation sites excluding steroid dienone is 2. The van der Waals surface area contributed by atoms with Crippen LogP contribution in [0.15, 0.2) is 66.4 Å². The third-order valence-corrected chi connectivity index (χ3v) is 5.69. The summed E-state index contributed by atoms with van der Waals surface area (Å²) in [5.41, 5.74) is 1.23. The van der Waals surface area contributed by atoms with E-state index in [9.17, 15) is 4.79 Å². The number of Topliss-reactive ketones (excluding diaryl/α,β-unsaturated/α-hetero) is 1. The molecule has 1 aliphatic heterocycles. The summed E-state index contributed by atoms with van der Waals surface area (Å²) in [5, 5.41) is 0. The predicted octanol–water partition coefficient (Wildman–Crippen LogP) is 5.28. The highest BCUT2D eigenvalue weighted by Crippen LogP contribution is 2.43. The number of alkyl halides is 1. The quantitative estimate of drug-likeness (QED) is 0.582. The number of carbonyl (C=O) groups is 1. The number of ketones is 1. The van der Waals surface area contributed by atoms with Crippen molar-refractivity contribution in [3.05, 3.63) is 83.1 Å². The Hall–Kier alpha value is -3.08. The molecule has 0 spiro atoms. The molecule has 162 valence electrons. The van der Waals surface area contributed by atoms with E-state index in [1.165, 1.54) is 5.56 Å². The van der Waals surface area contributed by atoms with Gasteiger partial charge in [0.05, 0.1) is 13.2 Å². The van der Waals surface area contributed by atoms with Gasteiger partial charge in [0.15, 0.2) is 17.2 Å². The molecule has 0 bridgehead atoms. The summed E-state index contributed by atoms with van der Waals surface area (Å²) in [6, 6.07) is 13.6. The van der Waals surface area contributed by atoms with Crippen molar-refractivity contribution in [3.63, 3.8) is 0 Å². The van der Waals surface area contributed by atoms with Crippen molar-refractivity contribution in [2.75, 3.05) is 19.8 Å². The summed E-state index contributed by atoms with van der Waals surface area (Å²) in [6.07, 6.45) is 6.05. The molecular formula is C26H28FNO3. The van der Waals surface area contributed by atoms with Gasteiger partial charge >= 0.3 is 0 Å². The zero-order valence-corrected chi connectivity index (χ0v) is 18.1. The molecule has 0 fully saturated rings. The van der Waals surface area contributed by atoms with Gasteiger partial charge < -0.3 is 14.4 Å². The Morgan fingerprint density at radius 2 is 1.77 bits per heavy atom. The van der Waals surface area contributed by atoms with Crippen molar-refractivity contribution in [3.8, 4) is 11.5 Å². The highest BCUT2D eigenvalue weighted by Gasteiger charge is 2.47. The van der Waals surface area contributed by atoms with Crippen LogP contribution in [0, 0.1) is 0 Å². The molecule has 2 aromatic carbocycles. The summed E-state index contributed by atoms with van der Waals surface area (Å²) in [4.78, 5) is 15.2. The van der Waals surface area contributed by atoms with E-state index < -0.39 is 11.5 Å². The zero-order chi connectivity index (χ0) is 21.8. The number of hydrogen-bond donors (Lipinski definition) is 0. The molecule has 0 saturated heterocycles. The van der Waals surface area contributed by atoms with Crippen molar-refractivity contribution in [1.29, 1.82) is 0 Å². The van der Waals surface area contributed by atoms with Crippen molar-refractivity contribution in [1.82, 2.24) is 4.90 Å². The second-order valence-electron chi connectivity index (χ2n) is 7.98. The maximum atomic E-state index is 15.8. The number of rotatable bonds is 8. The van der Waals surface area contributed by atoms with E-state index in [0.29, 0.717) is 42.4 Å². The number of fused-ring (bicyclic) bond motifs is 1. The number of nitrogens with zero attached hydrogens (tertiary/aromatic N) is 1. The van der Waals surface area contributed by atoms with E-state index in [1.807, 2.05) is 50.4 Å². The fourth-order valence-corrected chi connectivity index (χ4v) is 4.22. The van der Waals surface area contributed by atoms with Gasteiger partial charge in [-0.1, -0.05) is 36.4 Å². The average molecular weight is 422 g/mol. The number of ether oxygens (including phenoxy) is 2. The standard InChI is InChI=1S/C26H28FNO3/c1-3-30-23-14-21-17-26(27,25(29)22(21)15-24(23)31-4-2)16-19-10-12-28(13-11-19)18-20-8-6-5-7-9-20/h5-12,14-15H,3-4,13,16-18H2,1-2H3. The minimum atomic E-state index is -1.94. The molecule has 0 N–H and O–H groups in total. The van der Waals surface area contributed by atoms with Gasteiger partial charge in [0.25, 0.3) is 0 Å². The third-order valence-electron chi connectivity index (χ3n) is 5.69. The molecule has 0 aromatic heterocycles. The molecule has 0 amide bonds. The van der Waals surface area contributed by atoms with Gasteiger partial charge in [0.2, 0.25) is 5.78 Å². The first-order chi connectivity index (χ1) is 15.0. The molecule has 4 nitrogen and oxygen atoms in total. The van der Waals surface area contributed by atoms with E-state index >= 15 is 4.39 Å². The Morgan fingerprint density at radius 3 is 2.42 bits per heavy atom. The van der Waals surface area contributed by atoms with Crippen LogP contribution in [0.3, 0.4) is 0 Å². The van der Waals surface area contributed by atoms with Crippen LogP contribution in [-0.4, -0.2) is 36.1 Å². The number of halogens is 1. The Morgan fingerprint density at radius 1 is 1.06 bits per heavy atom. The van der Waals surface area contributed by atoms with Gasteiger partial charge in [-0.25, -0.2) is 4.39 Å². The molecule has 2 aliphatic rings. The van der Waals surface area contributed by atoms with Gasteiger partial charge in [-0.3, -0.25) is 4.79 Å². The van der Waals surface area contributed by atoms with Crippen LogP contribution in [0.1, 0.15) is 41.8 Å². The molecule has 1 atom stereocenters. The van der Waals surface area contributed by atoms with E-state index in [1.54, 1.807) is 12.1 Å². The van der Waals surface area contributed by atoms with Crippen molar-refractivity contribution in [2.24, 2.45) is 0 Å². The Bertz CT molecular complexity index is 1010. The fraction of sp³-hybridized carbons (Fsp3) is 0.346. The zero-order valence-electron chi connectivity index (χ0n) is 18.1. The van der Waals surface area contributed by atoms with Gasteiger partial charge in [-0.2, -0.15) is 0 Å². The first-order valence-electron chi connectivity index (χ1n) is 10.8. The molecule has 0 saturated carbocycles. The van der Waals surface area contributed by atoms with Crippen LogP contribution in [0.25, 0.3) is 0 Å². The minimum absolute atomic E-state index is 0.0621. The first kappa shape index (κ1) is 21.2. The van der Waals surface area contributed by atoms with E-state index in [-0.39, 0.29) is 12.8 Å². The highest BCUT2D eigenvalue weighted by atomic mass is 19.1. The molecule has 2 aromatic rings. The minimum Gasteiger partial charge on any atom is -0.490 e. The van der Waals surface area contributed by atoms with Crippen LogP contribution in [0.4, 0.5) is 4.39 Å². The third kappa shape index (κ3) is 4.50. The van der Waals surface area contributed by atoms with Gasteiger partial charge in [0.1, 0.15) is 0 Å². The first-order valence-corrected chi connectivity index (χ1v) is 10.8. The van der Waals surface area contributed by atoms with Crippen molar-refractivity contribution < 1.29 is 18.7 Å². The van der Waals surface area contributed by atoms with Gasteiger partial charge in [-0.15, -0.1) is 0 Å². The summed E-state index contributed by atoms with van der Waals surface area (Å²) in [5.74, 6) is 0.593. The predicted molar refractivity (Wildman–Crippen MR) is 119 cm³/mol. The number of benzene rings is 2. The lowest BCUT2D eigenvalue weighted by molar-refractivity contribution is 0.0721. The van der Waals surface area contributed by atoms with Crippen LogP contribution >= 0.6 is 0 Å². The van der Waals surface area contributed by atoms with Crippen LogP contribution < -0.4 is 9.47 Å². The molecule has 5 heteroatoms. The van der Waals surface area contributed by atoms with Crippen LogP contribution in [0.2, 0.25) is 0 Å². The Kier molecular flexibility index (Phi) is 6.12. The summed E-state index contributed by atoms with van der Waals surface area (Å²) < 4.78 is 27.1. The largest absolute Gasteiger partial charge is 0.490 e. The van der Waals surface area contributed by atoms with E-state index in [0.717, 1.165) is 12.1 Å². The molecule has 1 heterocycles. The second kappa shape index (κ2) is 8.96. The Balaban J connectivity index is 1.46. The van der Waals surface area contributed by atoms with Crippen LogP contribution in [-0.2, 0) is 13.0 Å². The fourth-order valence-electron chi connectivity index (χ4n) is 4.22. The maximum absolute atomic E-state index is 15.8. The second-order valence-corrected chi connectivity index (χ2v) is 7.98. The molecule has 4 rings (SSSR count). The van der Waals surface area contributed by atoms with Gasteiger partial charge in [0, 0.05) is 31.5 Å². The van der Waals surface area contributed by atoms with Crippen molar-refractivity contribution >= 4 is 5.78 Å².